The monoisotopic (exact) mass is 329 g/mol. The third kappa shape index (κ3) is 3.81. The summed E-state index contributed by atoms with van der Waals surface area (Å²) in [7, 11) is 0. The Morgan fingerprint density at radius 1 is 1.38 bits per heavy atom. The summed E-state index contributed by atoms with van der Waals surface area (Å²) in [6.07, 6.45) is 3.75. The first-order chi connectivity index (χ1) is 11.5. The van der Waals surface area contributed by atoms with E-state index in [0.29, 0.717) is 17.9 Å². The number of piperidine rings is 1. The maximum Gasteiger partial charge on any atom is 0.238 e. The SMILES string of the molecule is Cc1cccc(C(C)C)c1NC(=O)CN1CCC[C@]2(CCNC2)C1. The van der Waals surface area contributed by atoms with Crippen LogP contribution in [-0.4, -0.2) is 43.5 Å². The number of amides is 1. The van der Waals surface area contributed by atoms with E-state index in [9.17, 15) is 4.79 Å². The highest BCUT2D eigenvalue weighted by Crippen LogP contribution is 2.35. The van der Waals surface area contributed by atoms with Gasteiger partial charge in [-0.25, -0.2) is 0 Å². The number of likely N-dealkylation sites (tertiary alicyclic amines) is 1. The summed E-state index contributed by atoms with van der Waals surface area (Å²) in [5.74, 6) is 0.525. The third-order valence-electron chi connectivity index (χ3n) is 5.63. The van der Waals surface area contributed by atoms with Crippen LogP contribution in [0.1, 0.15) is 50.2 Å². The van der Waals surface area contributed by atoms with E-state index in [4.69, 9.17) is 0 Å². The fourth-order valence-corrected chi connectivity index (χ4v) is 4.31. The Labute approximate surface area is 146 Å². The van der Waals surface area contributed by atoms with Gasteiger partial charge >= 0.3 is 0 Å². The summed E-state index contributed by atoms with van der Waals surface area (Å²) in [6, 6.07) is 6.26. The number of nitrogens with zero attached hydrogens (tertiary/aromatic N) is 1. The summed E-state index contributed by atoms with van der Waals surface area (Å²) in [4.78, 5) is 15.0. The van der Waals surface area contributed by atoms with E-state index in [-0.39, 0.29) is 5.91 Å². The van der Waals surface area contributed by atoms with Crippen molar-refractivity contribution in [2.75, 3.05) is 38.0 Å². The maximum atomic E-state index is 12.6. The first-order valence-corrected chi connectivity index (χ1v) is 9.32. The van der Waals surface area contributed by atoms with Gasteiger partial charge in [-0.3, -0.25) is 9.69 Å². The van der Waals surface area contributed by atoms with E-state index in [1.165, 1.54) is 24.8 Å². The zero-order valence-electron chi connectivity index (χ0n) is 15.3. The number of anilines is 1. The van der Waals surface area contributed by atoms with Gasteiger partial charge in [-0.2, -0.15) is 0 Å². The van der Waals surface area contributed by atoms with Crippen molar-refractivity contribution < 1.29 is 4.79 Å². The summed E-state index contributed by atoms with van der Waals surface area (Å²) in [5.41, 5.74) is 3.78. The zero-order valence-corrected chi connectivity index (χ0v) is 15.3. The molecule has 24 heavy (non-hydrogen) atoms. The second kappa shape index (κ2) is 7.24. The molecular weight excluding hydrogens is 298 g/mol. The molecule has 132 valence electrons. The van der Waals surface area contributed by atoms with Crippen LogP contribution in [0.2, 0.25) is 0 Å². The van der Waals surface area contributed by atoms with Gasteiger partial charge in [-0.05, 0) is 61.7 Å². The average molecular weight is 329 g/mol. The average Bonchev–Trinajstić information content (AvgIpc) is 2.96. The molecule has 3 rings (SSSR count). The smallest absolute Gasteiger partial charge is 0.238 e. The lowest BCUT2D eigenvalue weighted by Crippen LogP contribution is -2.47. The number of carbonyl (C=O) groups excluding carboxylic acids is 1. The van der Waals surface area contributed by atoms with Gasteiger partial charge in [-0.1, -0.05) is 32.0 Å². The number of rotatable bonds is 4. The Balaban J connectivity index is 1.64. The summed E-state index contributed by atoms with van der Waals surface area (Å²) < 4.78 is 0. The first-order valence-electron chi connectivity index (χ1n) is 9.32. The van der Waals surface area contributed by atoms with Gasteiger partial charge in [0.25, 0.3) is 0 Å². The summed E-state index contributed by atoms with van der Waals surface area (Å²) >= 11 is 0. The maximum absolute atomic E-state index is 12.6. The van der Waals surface area contributed by atoms with Crippen molar-refractivity contribution in [3.05, 3.63) is 29.3 Å². The second-order valence-electron chi connectivity index (χ2n) is 7.98. The minimum Gasteiger partial charge on any atom is -0.324 e. The van der Waals surface area contributed by atoms with Crippen LogP contribution in [0.4, 0.5) is 5.69 Å². The van der Waals surface area contributed by atoms with Gasteiger partial charge in [0.05, 0.1) is 6.54 Å². The lowest BCUT2D eigenvalue weighted by molar-refractivity contribution is -0.118. The molecule has 2 aliphatic rings. The van der Waals surface area contributed by atoms with Crippen molar-refractivity contribution in [3.8, 4) is 0 Å². The lowest BCUT2D eigenvalue weighted by atomic mass is 9.79. The van der Waals surface area contributed by atoms with Crippen LogP contribution < -0.4 is 10.6 Å². The Kier molecular flexibility index (Phi) is 5.26. The van der Waals surface area contributed by atoms with Crippen molar-refractivity contribution in [1.82, 2.24) is 10.2 Å². The van der Waals surface area contributed by atoms with E-state index < -0.39 is 0 Å². The quantitative estimate of drug-likeness (QED) is 0.892. The van der Waals surface area contributed by atoms with Gasteiger partial charge in [0.2, 0.25) is 5.91 Å². The van der Waals surface area contributed by atoms with Crippen molar-refractivity contribution in [2.45, 2.75) is 46.0 Å². The van der Waals surface area contributed by atoms with E-state index in [1.807, 2.05) is 0 Å². The first kappa shape index (κ1) is 17.4. The molecule has 1 spiro atoms. The van der Waals surface area contributed by atoms with E-state index >= 15 is 0 Å². The molecule has 0 unspecified atom stereocenters. The largest absolute Gasteiger partial charge is 0.324 e. The van der Waals surface area contributed by atoms with Crippen molar-refractivity contribution >= 4 is 11.6 Å². The molecule has 2 saturated heterocycles. The van der Waals surface area contributed by atoms with Gasteiger partial charge in [0.1, 0.15) is 0 Å². The molecule has 0 aromatic heterocycles. The van der Waals surface area contributed by atoms with Crippen LogP contribution in [0.15, 0.2) is 18.2 Å². The molecular formula is C20H31N3O. The fourth-order valence-electron chi connectivity index (χ4n) is 4.31. The lowest BCUT2D eigenvalue weighted by Gasteiger charge is -2.39. The molecule has 4 heteroatoms. The molecule has 0 radical (unpaired) electrons. The minimum absolute atomic E-state index is 0.120. The van der Waals surface area contributed by atoms with Crippen LogP contribution in [0.25, 0.3) is 0 Å². The second-order valence-corrected chi connectivity index (χ2v) is 7.98. The highest BCUT2D eigenvalue weighted by atomic mass is 16.2. The molecule has 2 fully saturated rings. The Bertz CT molecular complexity index is 591. The highest BCUT2D eigenvalue weighted by Gasteiger charge is 2.38. The number of benzene rings is 1. The number of hydrogen-bond donors (Lipinski definition) is 2. The molecule has 1 aromatic carbocycles. The van der Waals surface area contributed by atoms with Gasteiger partial charge in [0, 0.05) is 18.8 Å². The molecule has 1 amide bonds. The molecule has 4 nitrogen and oxygen atoms in total. The molecule has 0 bridgehead atoms. The number of carbonyl (C=O) groups is 1. The van der Waals surface area contributed by atoms with Gasteiger partial charge < -0.3 is 10.6 Å². The third-order valence-corrected chi connectivity index (χ3v) is 5.63. The van der Waals surface area contributed by atoms with Crippen LogP contribution in [0, 0.1) is 12.3 Å². The number of para-hydroxylation sites is 1. The Morgan fingerprint density at radius 3 is 2.92 bits per heavy atom. The van der Waals surface area contributed by atoms with E-state index in [2.05, 4.69) is 54.5 Å². The van der Waals surface area contributed by atoms with Crippen LogP contribution in [0.5, 0.6) is 0 Å². The van der Waals surface area contributed by atoms with E-state index in [0.717, 1.165) is 37.4 Å². The summed E-state index contributed by atoms with van der Waals surface area (Å²) in [6.45, 7) is 11.3. The van der Waals surface area contributed by atoms with Crippen molar-refractivity contribution in [3.63, 3.8) is 0 Å². The normalized spacial score (nSPS) is 24.7. The summed E-state index contributed by atoms with van der Waals surface area (Å²) in [5, 5.41) is 6.69. The zero-order chi connectivity index (χ0) is 17.2. The topological polar surface area (TPSA) is 44.4 Å². The van der Waals surface area contributed by atoms with Crippen molar-refractivity contribution in [1.29, 1.82) is 0 Å². The molecule has 0 aliphatic carbocycles. The van der Waals surface area contributed by atoms with E-state index in [1.54, 1.807) is 0 Å². The molecule has 0 saturated carbocycles. The molecule has 2 N–H and O–H groups in total. The molecule has 2 aliphatic heterocycles. The number of hydrogen-bond acceptors (Lipinski definition) is 3. The predicted molar refractivity (Wildman–Crippen MR) is 99.5 cm³/mol. The Hall–Kier alpha value is -1.39. The van der Waals surface area contributed by atoms with Crippen LogP contribution >= 0.6 is 0 Å². The highest BCUT2D eigenvalue weighted by molar-refractivity contribution is 5.94. The van der Waals surface area contributed by atoms with Crippen LogP contribution in [0.3, 0.4) is 0 Å². The standard InChI is InChI=1S/C20H31N3O/c1-15(2)17-7-4-6-16(3)19(17)22-18(24)12-23-11-5-8-20(14-23)9-10-21-13-20/h4,6-7,15,21H,5,8-14H2,1-3H3,(H,22,24)/t20-/m1/s1. The predicted octanol–water partition coefficient (Wildman–Crippen LogP) is 3.13. The Morgan fingerprint density at radius 2 is 2.21 bits per heavy atom. The minimum atomic E-state index is 0.120. The van der Waals surface area contributed by atoms with Crippen molar-refractivity contribution in [2.24, 2.45) is 5.41 Å². The fraction of sp³-hybridized carbons (Fsp3) is 0.650. The molecule has 2 heterocycles. The molecule has 1 atom stereocenters. The van der Waals surface area contributed by atoms with Crippen LogP contribution in [-0.2, 0) is 4.79 Å². The number of nitrogens with one attached hydrogen (secondary N) is 2. The van der Waals surface area contributed by atoms with Gasteiger partial charge in [0.15, 0.2) is 0 Å². The molecule has 1 aromatic rings. The van der Waals surface area contributed by atoms with Gasteiger partial charge in [-0.15, -0.1) is 0 Å². The number of aryl methyl sites for hydroxylation is 1.